The number of nitrogens with one attached hydrogen (secondary N) is 4. The van der Waals surface area contributed by atoms with E-state index in [4.69, 9.17) is 26.4 Å². The van der Waals surface area contributed by atoms with Crippen LogP contribution in [0, 0.1) is 28.1 Å². The number of amides is 3. The number of nitriles is 1. The minimum atomic E-state index is -0.411. The van der Waals surface area contributed by atoms with Crippen molar-refractivity contribution < 1.29 is 24.0 Å². The number of hydroxylamine groups is 1. The number of halogens is 1. The third-order valence-electron chi connectivity index (χ3n) is 9.65. The molecule has 3 fully saturated rings. The Bertz CT molecular complexity index is 1470. The number of benzene rings is 2. The molecular formula is C34H43ClN6O5. The van der Waals surface area contributed by atoms with Gasteiger partial charge in [-0.3, -0.25) is 29.9 Å². The van der Waals surface area contributed by atoms with Gasteiger partial charge >= 0.3 is 0 Å². The van der Waals surface area contributed by atoms with Crippen LogP contribution in [0.1, 0.15) is 69.3 Å². The topological polar surface area (TPSA) is 145 Å². The molecule has 2 saturated heterocycles. The monoisotopic (exact) mass is 650 g/mol. The first-order chi connectivity index (χ1) is 21.9. The van der Waals surface area contributed by atoms with Crippen LogP contribution in [0.3, 0.4) is 0 Å². The van der Waals surface area contributed by atoms with Gasteiger partial charge in [0.1, 0.15) is 24.7 Å². The molecule has 2 aliphatic heterocycles. The van der Waals surface area contributed by atoms with Crippen LogP contribution in [0.4, 0.5) is 5.69 Å². The van der Waals surface area contributed by atoms with Crippen LogP contribution < -0.4 is 31.1 Å². The van der Waals surface area contributed by atoms with E-state index in [0.29, 0.717) is 47.2 Å². The van der Waals surface area contributed by atoms with Gasteiger partial charge in [-0.15, -0.1) is 0 Å². The molecule has 3 amide bonds. The average molecular weight is 651 g/mol. The van der Waals surface area contributed by atoms with Crippen LogP contribution >= 0.6 is 11.6 Å². The molecule has 5 rings (SSSR count). The highest BCUT2D eigenvalue weighted by molar-refractivity contribution is 6.31. The molecule has 11 nitrogen and oxygen atoms in total. The lowest BCUT2D eigenvalue weighted by Gasteiger charge is -2.63. The predicted octanol–water partition coefficient (Wildman–Crippen LogP) is 3.91. The molecule has 3 aliphatic rings. The van der Waals surface area contributed by atoms with Crippen molar-refractivity contribution in [3.8, 4) is 11.8 Å². The Balaban J connectivity index is 1.05. The number of hydrogen-bond donors (Lipinski definition) is 4. The number of nitrogens with zero attached hydrogens (tertiary/aromatic N) is 2. The predicted molar refractivity (Wildman–Crippen MR) is 174 cm³/mol. The molecule has 0 spiro atoms. The third-order valence-corrected chi connectivity index (χ3v) is 9.97. The maximum atomic E-state index is 13.3. The van der Waals surface area contributed by atoms with E-state index in [1.54, 1.807) is 18.2 Å². The Morgan fingerprint density at radius 1 is 1.07 bits per heavy atom. The largest absolute Gasteiger partial charge is 0.489 e. The van der Waals surface area contributed by atoms with Gasteiger partial charge in [0.25, 0.3) is 5.91 Å². The van der Waals surface area contributed by atoms with Crippen molar-refractivity contribution in [1.82, 2.24) is 21.4 Å². The fourth-order valence-electron chi connectivity index (χ4n) is 7.29. The molecule has 0 radical (unpaired) electrons. The highest BCUT2D eigenvalue weighted by Gasteiger charge is 2.64. The average Bonchev–Trinajstić information content (AvgIpc) is 3.03. The summed E-state index contributed by atoms with van der Waals surface area (Å²) in [5.41, 5.74) is 4.43. The van der Waals surface area contributed by atoms with Gasteiger partial charge < -0.3 is 15.0 Å². The Morgan fingerprint density at radius 2 is 1.76 bits per heavy atom. The Kier molecular flexibility index (Phi) is 10.2. The van der Waals surface area contributed by atoms with Crippen LogP contribution in [0.2, 0.25) is 5.02 Å². The van der Waals surface area contributed by atoms with Crippen LogP contribution in [-0.4, -0.2) is 62.3 Å². The van der Waals surface area contributed by atoms with Crippen LogP contribution in [-0.2, 0) is 14.4 Å². The Hall–Kier alpha value is -3.69. The number of anilines is 1. The number of ether oxygens (including phenoxy) is 1. The summed E-state index contributed by atoms with van der Waals surface area (Å²) < 4.78 is 6.34. The third kappa shape index (κ3) is 7.31. The highest BCUT2D eigenvalue weighted by Crippen LogP contribution is 2.55. The molecule has 1 atom stereocenters. The minimum Gasteiger partial charge on any atom is -0.489 e. The highest BCUT2D eigenvalue weighted by atomic mass is 35.5. The zero-order valence-corrected chi connectivity index (χ0v) is 27.6. The van der Waals surface area contributed by atoms with Crippen molar-refractivity contribution in [3.63, 3.8) is 0 Å². The van der Waals surface area contributed by atoms with Gasteiger partial charge in [-0.1, -0.05) is 39.3 Å². The maximum Gasteiger partial charge on any atom is 0.251 e. The summed E-state index contributed by atoms with van der Waals surface area (Å²) in [6, 6.07) is 14.4. The van der Waals surface area contributed by atoms with Gasteiger partial charge in [0.05, 0.1) is 16.6 Å². The van der Waals surface area contributed by atoms with E-state index in [1.807, 2.05) is 24.3 Å². The van der Waals surface area contributed by atoms with Crippen LogP contribution in [0.25, 0.3) is 0 Å². The second-order valence-corrected chi connectivity index (χ2v) is 14.0. The lowest BCUT2D eigenvalue weighted by atomic mass is 9.49. The second kappa shape index (κ2) is 14.0. The lowest BCUT2D eigenvalue weighted by molar-refractivity contribution is -0.164. The zero-order chi connectivity index (χ0) is 33.1. The summed E-state index contributed by atoms with van der Waals surface area (Å²) in [6.45, 7) is 11.1. The SMILES string of the molecule is CC1(C)C(NC(=O)c2ccc(N3CCC(CNOCNC4CCC(=O)NC4=O)CC3)cc2)C(C)(C)C1Oc1ccc(C#N)c(Cl)c1. The molecule has 12 heteroatoms. The van der Waals surface area contributed by atoms with Crippen molar-refractivity contribution in [2.45, 2.75) is 71.6 Å². The summed E-state index contributed by atoms with van der Waals surface area (Å²) in [6.07, 6.45) is 2.64. The second-order valence-electron chi connectivity index (χ2n) is 13.6. The van der Waals surface area contributed by atoms with Crippen molar-refractivity contribution in [2.75, 3.05) is 31.3 Å². The molecular weight excluding hydrogens is 608 g/mol. The quantitative estimate of drug-likeness (QED) is 0.123. The van der Waals surface area contributed by atoms with E-state index < -0.39 is 6.04 Å². The van der Waals surface area contributed by atoms with Gasteiger partial charge in [-0.2, -0.15) is 5.26 Å². The molecule has 246 valence electrons. The van der Waals surface area contributed by atoms with Gasteiger partial charge in [-0.05, 0) is 61.6 Å². The van der Waals surface area contributed by atoms with E-state index in [-0.39, 0.29) is 47.4 Å². The molecule has 0 bridgehead atoms. The molecule has 2 heterocycles. The minimum absolute atomic E-state index is 0.115. The molecule has 1 aliphatic carbocycles. The number of carbonyl (C=O) groups is 3. The number of carbonyl (C=O) groups excluding carboxylic acids is 3. The van der Waals surface area contributed by atoms with E-state index in [2.05, 4.69) is 60.1 Å². The standard InChI is InChI=1S/C34H43ClN6O5/c1-33(2)31(34(3,4)32(33)46-25-10-7-23(18-36)26(35)17-25)40-29(43)22-5-8-24(9-6-22)41-15-13-21(14-16-41)19-38-45-20-37-27-11-12-28(42)39-30(27)44/h5-10,17,21,27,31-32,37-38H,11-16,19-20H2,1-4H3,(H,40,43)(H,39,42,44). The van der Waals surface area contributed by atoms with Gasteiger partial charge in [0.15, 0.2) is 0 Å². The summed E-state index contributed by atoms with van der Waals surface area (Å²) >= 11 is 6.22. The maximum absolute atomic E-state index is 13.3. The number of hydrogen-bond acceptors (Lipinski definition) is 9. The molecule has 4 N–H and O–H groups in total. The number of imide groups is 1. The fraction of sp³-hybridized carbons (Fsp3) is 0.529. The molecule has 2 aromatic rings. The van der Waals surface area contributed by atoms with E-state index in [9.17, 15) is 14.4 Å². The van der Waals surface area contributed by atoms with Crippen LogP contribution in [0.5, 0.6) is 5.75 Å². The summed E-state index contributed by atoms with van der Waals surface area (Å²) in [5, 5.41) is 18.1. The van der Waals surface area contributed by atoms with Crippen molar-refractivity contribution >= 4 is 35.0 Å². The first kappa shape index (κ1) is 33.7. The van der Waals surface area contributed by atoms with Crippen molar-refractivity contribution in [3.05, 3.63) is 58.6 Å². The molecule has 0 aromatic heterocycles. The summed E-state index contributed by atoms with van der Waals surface area (Å²) in [5.74, 6) is 0.409. The van der Waals surface area contributed by atoms with Gasteiger partial charge in [0, 0.05) is 60.2 Å². The Morgan fingerprint density at radius 3 is 2.39 bits per heavy atom. The van der Waals surface area contributed by atoms with Gasteiger partial charge in [-0.25, -0.2) is 5.48 Å². The van der Waals surface area contributed by atoms with E-state index >= 15 is 0 Å². The molecule has 1 saturated carbocycles. The van der Waals surface area contributed by atoms with Gasteiger partial charge in [0.2, 0.25) is 11.8 Å². The normalized spacial score (nSPS) is 24.0. The first-order valence-electron chi connectivity index (χ1n) is 15.8. The molecule has 46 heavy (non-hydrogen) atoms. The van der Waals surface area contributed by atoms with Crippen LogP contribution in [0.15, 0.2) is 42.5 Å². The summed E-state index contributed by atoms with van der Waals surface area (Å²) in [4.78, 5) is 44.2. The Labute approximate surface area is 275 Å². The molecule has 1 unspecified atom stereocenters. The summed E-state index contributed by atoms with van der Waals surface area (Å²) in [7, 11) is 0. The smallest absolute Gasteiger partial charge is 0.251 e. The van der Waals surface area contributed by atoms with Crippen molar-refractivity contribution in [1.29, 1.82) is 5.26 Å². The zero-order valence-electron chi connectivity index (χ0n) is 26.8. The number of rotatable bonds is 11. The fourth-order valence-corrected chi connectivity index (χ4v) is 7.50. The van der Waals surface area contributed by atoms with Crippen molar-refractivity contribution in [2.24, 2.45) is 16.7 Å². The lowest BCUT2D eigenvalue weighted by Crippen LogP contribution is -2.74. The molecule has 2 aromatic carbocycles. The number of piperidine rings is 2. The van der Waals surface area contributed by atoms with E-state index in [0.717, 1.165) is 31.6 Å². The first-order valence-corrected chi connectivity index (χ1v) is 16.2. The van der Waals surface area contributed by atoms with E-state index in [1.165, 1.54) is 0 Å².